The van der Waals surface area contributed by atoms with Gasteiger partial charge in [-0.15, -0.1) is 0 Å². The second-order valence-corrected chi connectivity index (χ2v) is 6.27. The molecule has 1 aliphatic rings. The van der Waals surface area contributed by atoms with Gasteiger partial charge in [0, 0.05) is 18.6 Å². The van der Waals surface area contributed by atoms with Crippen LogP contribution in [0.3, 0.4) is 0 Å². The Labute approximate surface area is 108 Å². The fourth-order valence-corrected chi connectivity index (χ4v) is 2.74. The van der Waals surface area contributed by atoms with E-state index < -0.39 is 0 Å². The van der Waals surface area contributed by atoms with Crippen molar-refractivity contribution in [3.05, 3.63) is 0 Å². The molecule has 2 nitrogen and oxygen atoms in total. The van der Waals surface area contributed by atoms with Gasteiger partial charge >= 0.3 is 0 Å². The van der Waals surface area contributed by atoms with Crippen LogP contribution in [-0.4, -0.2) is 36.6 Å². The third kappa shape index (κ3) is 6.42. The largest absolute Gasteiger partial charge is 0.314 e. The van der Waals surface area contributed by atoms with E-state index in [1.807, 2.05) is 0 Å². The first kappa shape index (κ1) is 15.0. The number of nitrogens with zero attached hydrogens (tertiary/aromatic N) is 1. The van der Waals surface area contributed by atoms with E-state index in [9.17, 15) is 0 Å². The summed E-state index contributed by atoms with van der Waals surface area (Å²) < 4.78 is 0. The molecule has 0 aliphatic carbocycles. The van der Waals surface area contributed by atoms with Crippen LogP contribution >= 0.6 is 0 Å². The van der Waals surface area contributed by atoms with Gasteiger partial charge in [0.2, 0.25) is 0 Å². The van der Waals surface area contributed by atoms with Gasteiger partial charge in [0.1, 0.15) is 0 Å². The maximum atomic E-state index is 3.64. The summed E-state index contributed by atoms with van der Waals surface area (Å²) in [4.78, 5) is 2.63. The van der Waals surface area contributed by atoms with Crippen LogP contribution in [0.1, 0.15) is 59.8 Å². The average molecular weight is 240 g/mol. The summed E-state index contributed by atoms with van der Waals surface area (Å²) in [5, 5.41) is 3.64. The van der Waals surface area contributed by atoms with E-state index >= 15 is 0 Å². The highest BCUT2D eigenvalue weighted by molar-refractivity contribution is 4.73. The lowest BCUT2D eigenvalue weighted by Crippen LogP contribution is -2.37. The molecule has 102 valence electrons. The number of hydrogen-bond donors (Lipinski definition) is 1. The Bertz CT molecular complexity index is 183. The Morgan fingerprint density at radius 2 is 1.94 bits per heavy atom. The molecule has 0 aromatic carbocycles. The summed E-state index contributed by atoms with van der Waals surface area (Å²) in [6.45, 7) is 13.0. The minimum absolute atomic E-state index is 0.691. The van der Waals surface area contributed by atoms with Crippen molar-refractivity contribution in [3.63, 3.8) is 0 Å². The second-order valence-electron chi connectivity index (χ2n) is 6.27. The number of rotatable bonds is 7. The van der Waals surface area contributed by atoms with Gasteiger partial charge in [0.25, 0.3) is 0 Å². The van der Waals surface area contributed by atoms with Crippen molar-refractivity contribution in [2.45, 2.75) is 71.9 Å². The highest BCUT2D eigenvalue weighted by Crippen LogP contribution is 2.13. The van der Waals surface area contributed by atoms with E-state index in [1.165, 1.54) is 51.7 Å². The molecule has 0 radical (unpaired) electrons. The monoisotopic (exact) mass is 240 g/mol. The molecule has 17 heavy (non-hydrogen) atoms. The van der Waals surface area contributed by atoms with Gasteiger partial charge in [-0.2, -0.15) is 0 Å². The van der Waals surface area contributed by atoms with Crippen molar-refractivity contribution >= 4 is 0 Å². The molecule has 1 fully saturated rings. The molecule has 0 aromatic rings. The first-order chi connectivity index (χ1) is 8.09. The number of nitrogens with one attached hydrogen (secondary N) is 1. The van der Waals surface area contributed by atoms with Crippen LogP contribution in [0.25, 0.3) is 0 Å². The van der Waals surface area contributed by atoms with E-state index in [0.29, 0.717) is 6.04 Å². The number of hydrogen-bond acceptors (Lipinski definition) is 2. The van der Waals surface area contributed by atoms with Crippen LogP contribution < -0.4 is 5.32 Å². The topological polar surface area (TPSA) is 15.3 Å². The molecule has 2 heteroatoms. The van der Waals surface area contributed by atoms with Gasteiger partial charge in [0.05, 0.1) is 0 Å². The lowest BCUT2D eigenvalue weighted by molar-refractivity contribution is 0.190. The smallest absolute Gasteiger partial charge is 0.00675 e. The maximum Gasteiger partial charge on any atom is 0.00675 e. The van der Waals surface area contributed by atoms with E-state index in [2.05, 4.69) is 37.9 Å². The van der Waals surface area contributed by atoms with Crippen molar-refractivity contribution in [2.75, 3.05) is 19.6 Å². The first-order valence-electron chi connectivity index (χ1n) is 7.57. The fourth-order valence-electron chi connectivity index (χ4n) is 2.74. The molecule has 0 spiro atoms. The maximum absolute atomic E-state index is 3.64. The fraction of sp³-hybridized carbons (Fsp3) is 1.00. The van der Waals surface area contributed by atoms with Crippen LogP contribution in [0.4, 0.5) is 0 Å². The summed E-state index contributed by atoms with van der Waals surface area (Å²) in [7, 11) is 0. The molecule has 1 unspecified atom stereocenters. The minimum atomic E-state index is 0.691. The highest BCUT2D eigenvalue weighted by atomic mass is 15.1. The number of piperidine rings is 1. The van der Waals surface area contributed by atoms with E-state index in [-0.39, 0.29) is 0 Å². The van der Waals surface area contributed by atoms with Gasteiger partial charge in [-0.05, 0) is 58.5 Å². The molecular formula is C15H32N2. The molecule has 1 atom stereocenters. The molecule has 1 rings (SSSR count). The molecule has 1 N–H and O–H groups in total. The average Bonchev–Trinajstić information content (AvgIpc) is 2.28. The van der Waals surface area contributed by atoms with Crippen molar-refractivity contribution in [1.82, 2.24) is 10.2 Å². The Hall–Kier alpha value is -0.0800. The zero-order chi connectivity index (χ0) is 12.7. The zero-order valence-corrected chi connectivity index (χ0v) is 12.3. The molecule has 0 bridgehead atoms. The van der Waals surface area contributed by atoms with Gasteiger partial charge < -0.3 is 10.2 Å². The van der Waals surface area contributed by atoms with E-state index in [4.69, 9.17) is 0 Å². The Balaban J connectivity index is 2.17. The lowest BCUT2D eigenvalue weighted by atomic mass is 10.0. The Morgan fingerprint density at radius 3 is 2.47 bits per heavy atom. The van der Waals surface area contributed by atoms with Crippen molar-refractivity contribution in [1.29, 1.82) is 0 Å². The van der Waals surface area contributed by atoms with Crippen LogP contribution in [-0.2, 0) is 0 Å². The van der Waals surface area contributed by atoms with Crippen molar-refractivity contribution in [2.24, 2.45) is 5.92 Å². The van der Waals surface area contributed by atoms with Crippen LogP contribution in [0, 0.1) is 5.92 Å². The normalized spacial score (nSPS) is 21.7. The van der Waals surface area contributed by atoms with Gasteiger partial charge in [0.15, 0.2) is 0 Å². The molecule has 1 aliphatic heterocycles. The summed E-state index contributed by atoms with van der Waals surface area (Å²) in [6, 6.07) is 1.49. The Kier molecular flexibility index (Phi) is 7.14. The van der Waals surface area contributed by atoms with Crippen LogP contribution in [0.5, 0.6) is 0 Å². The predicted octanol–water partition coefficient (Wildman–Crippen LogP) is 3.28. The molecule has 0 saturated carbocycles. The van der Waals surface area contributed by atoms with Gasteiger partial charge in [-0.3, -0.25) is 0 Å². The van der Waals surface area contributed by atoms with Crippen LogP contribution in [0.2, 0.25) is 0 Å². The second kappa shape index (κ2) is 8.10. The minimum Gasteiger partial charge on any atom is -0.314 e. The zero-order valence-electron chi connectivity index (χ0n) is 12.3. The van der Waals surface area contributed by atoms with E-state index in [0.717, 1.165) is 12.0 Å². The summed E-state index contributed by atoms with van der Waals surface area (Å²) in [5.74, 6) is 0.783. The quantitative estimate of drug-likeness (QED) is 0.735. The molecule has 1 heterocycles. The molecule has 1 saturated heterocycles. The molecule has 0 aromatic heterocycles. The molecule has 0 amide bonds. The highest BCUT2D eigenvalue weighted by Gasteiger charge is 2.14. The Morgan fingerprint density at radius 1 is 1.18 bits per heavy atom. The SMILES string of the molecule is CC(C)CN(CCCC1CCCCN1)C(C)C. The van der Waals surface area contributed by atoms with Crippen molar-refractivity contribution < 1.29 is 0 Å². The first-order valence-corrected chi connectivity index (χ1v) is 7.57. The summed E-state index contributed by atoms with van der Waals surface area (Å²) in [6.07, 6.45) is 6.91. The van der Waals surface area contributed by atoms with Crippen LogP contribution in [0.15, 0.2) is 0 Å². The summed E-state index contributed by atoms with van der Waals surface area (Å²) >= 11 is 0. The van der Waals surface area contributed by atoms with Gasteiger partial charge in [-0.25, -0.2) is 0 Å². The molecular weight excluding hydrogens is 208 g/mol. The standard InChI is InChI=1S/C15H32N2/c1-13(2)12-17(14(3)4)11-7-9-15-8-5-6-10-16-15/h13-16H,5-12H2,1-4H3. The van der Waals surface area contributed by atoms with E-state index in [1.54, 1.807) is 0 Å². The van der Waals surface area contributed by atoms with Crippen molar-refractivity contribution in [3.8, 4) is 0 Å². The third-order valence-corrected chi connectivity index (χ3v) is 3.74. The predicted molar refractivity (Wildman–Crippen MR) is 76.4 cm³/mol. The summed E-state index contributed by atoms with van der Waals surface area (Å²) in [5.41, 5.74) is 0. The van der Waals surface area contributed by atoms with Gasteiger partial charge in [-0.1, -0.05) is 20.3 Å². The lowest BCUT2D eigenvalue weighted by Gasteiger charge is -2.29. The third-order valence-electron chi connectivity index (χ3n) is 3.74.